The molecule has 1 aliphatic rings. The van der Waals surface area contributed by atoms with Crippen LogP contribution in [0, 0.1) is 0 Å². The van der Waals surface area contributed by atoms with Crippen LogP contribution in [-0.2, 0) is 24.6 Å². The standard InChI is InChI=1S/C19H18F3N5O3S/c1-25-16(29)14-15(24-17(31-14)26-8-2-3-9-26)27(18(25)30)10-13(28)23-12-6-4-11(5-7-12)19(20,21)22/h4-7H,2-3,8-10H2,1H3,(H,23,28). The summed E-state index contributed by atoms with van der Waals surface area (Å²) in [7, 11) is 1.32. The van der Waals surface area contributed by atoms with E-state index in [0.717, 1.165) is 59.3 Å². The van der Waals surface area contributed by atoms with E-state index in [1.165, 1.54) is 18.4 Å². The van der Waals surface area contributed by atoms with Gasteiger partial charge in [-0.05, 0) is 37.1 Å². The summed E-state index contributed by atoms with van der Waals surface area (Å²) in [5.41, 5.74) is -1.73. The second-order valence-corrected chi connectivity index (χ2v) is 8.18. The van der Waals surface area contributed by atoms with Gasteiger partial charge in [-0.3, -0.25) is 18.7 Å². The minimum Gasteiger partial charge on any atom is -0.348 e. The molecule has 1 saturated heterocycles. The van der Waals surface area contributed by atoms with Crippen LogP contribution in [0.1, 0.15) is 18.4 Å². The molecule has 1 N–H and O–H groups in total. The van der Waals surface area contributed by atoms with Gasteiger partial charge in [0.1, 0.15) is 11.2 Å². The van der Waals surface area contributed by atoms with Crippen molar-refractivity contribution in [3.05, 3.63) is 50.7 Å². The van der Waals surface area contributed by atoms with Crippen molar-refractivity contribution in [2.24, 2.45) is 7.05 Å². The number of hydrogen-bond donors (Lipinski definition) is 1. The van der Waals surface area contributed by atoms with E-state index in [9.17, 15) is 27.6 Å². The molecule has 3 aromatic rings. The van der Waals surface area contributed by atoms with Crippen molar-refractivity contribution in [2.45, 2.75) is 25.6 Å². The number of anilines is 2. The molecule has 31 heavy (non-hydrogen) atoms. The molecule has 1 aliphatic heterocycles. The largest absolute Gasteiger partial charge is 0.416 e. The van der Waals surface area contributed by atoms with Gasteiger partial charge in [-0.15, -0.1) is 0 Å². The molecular weight excluding hydrogens is 435 g/mol. The highest BCUT2D eigenvalue weighted by Gasteiger charge is 2.30. The van der Waals surface area contributed by atoms with Gasteiger partial charge in [-0.1, -0.05) is 11.3 Å². The number of carbonyl (C=O) groups excluding carboxylic acids is 1. The number of alkyl halides is 3. The van der Waals surface area contributed by atoms with E-state index in [1.54, 1.807) is 0 Å². The van der Waals surface area contributed by atoms with Gasteiger partial charge in [-0.25, -0.2) is 9.78 Å². The summed E-state index contributed by atoms with van der Waals surface area (Å²) >= 11 is 1.18. The van der Waals surface area contributed by atoms with E-state index >= 15 is 0 Å². The lowest BCUT2D eigenvalue weighted by molar-refractivity contribution is -0.137. The maximum Gasteiger partial charge on any atom is 0.416 e. The van der Waals surface area contributed by atoms with E-state index in [1.807, 2.05) is 4.90 Å². The predicted molar refractivity (Wildman–Crippen MR) is 111 cm³/mol. The zero-order valence-electron chi connectivity index (χ0n) is 16.4. The first kappa shape index (κ1) is 21.1. The first-order chi connectivity index (χ1) is 14.6. The van der Waals surface area contributed by atoms with Gasteiger partial charge in [0.05, 0.1) is 5.56 Å². The number of nitrogens with one attached hydrogen (secondary N) is 1. The fraction of sp³-hybridized carbons (Fsp3) is 0.368. The normalized spacial score (nSPS) is 14.4. The highest BCUT2D eigenvalue weighted by Crippen LogP contribution is 2.30. The van der Waals surface area contributed by atoms with E-state index in [-0.39, 0.29) is 16.0 Å². The summed E-state index contributed by atoms with van der Waals surface area (Å²) in [6.45, 7) is 1.17. The van der Waals surface area contributed by atoms with Crippen LogP contribution in [0.2, 0.25) is 0 Å². The Bertz CT molecular complexity index is 1250. The Hall–Kier alpha value is -3.15. The molecule has 8 nitrogen and oxygen atoms in total. The number of nitrogens with zero attached hydrogens (tertiary/aromatic N) is 4. The number of carbonyl (C=O) groups is 1. The van der Waals surface area contributed by atoms with Crippen LogP contribution in [0.15, 0.2) is 33.9 Å². The van der Waals surface area contributed by atoms with Gasteiger partial charge in [0.25, 0.3) is 5.56 Å². The maximum atomic E-state index is 12.7. The minimum absolute atomic E-state index is 0.127. The van der Waals surface area contributed by atoms with E-state index < -0.39 is 35.4 Å². The third kappa shape index (κ3) is 4.07. The minimum atomic E-state index is -4.48. The fourth-order valence-corrected chi connectivity index (χ4v) is 4.50. The van der Waals surface area contributed by atoms with Crippen LogP contribution in [0.3, 0.4) is 0 Å². The van der Waals surface area contributed by atoms with Gasteiger partial charge >= 0.3 is 11.9 Å². The molecule has 12 heteroatoms. The molecule has 0 atom stereocenters. The lowest BCUT2D eigenvalue weighted by atomic mass is 10.2. The quantitative estimate of drug-likeness (QED) is 0.656. The highest BCUT2D eigenvalue weighted by molar-refractivity contribution is 7.22. The molecule has 0 saturated carbocycles. The maximum absolute atomic E-state index is 12.7. The van der Waals surface area contributed by atoms with Crippen molar-refractivity contribution < 1.29 is 18.0 Å². The van der Waals surface area contributed by atoms with Crippen LogP contribution in [-0.4, -0.2) is 33.1 Å². The van der Waals surface area contributed by atoms with Crippen LogP contribution >= 0.6 is 11.3 Å². The molecule has 0 spiro atoms. The van der Waals surface area contributed by atoms with E-state index in [4.69, 9.17) is 0 Å². The molecule has 1 amide bonds. The molecule has 0 aliphatic carbocycles. The van der Waals surface area contributed by atoms with Crippen LogP contribution < -0.4 is 21.5 Å². The highest BCUT2D eigenvalue weighted by atomic mass is 32.1. The second kappa shape index (κ2) is 7.84. The SMILES string of the molecule is Cn1c(=O)c2sc(N3CCCC3)nc2n(CC(=O)Nc2ccc(C(F)(F)F)cc2)c1=O. The molecule has 4 rings (SSSR count). The summed E-state index contributed by atoms with van der Waals surface area (Å²) in [6, 6.07) is 3.98. The predicted octanol–water partition coefficient (Wildman–Crippen LogP) is 2.41. The number of thiazole rings is 1. The number of rotatable bonds is 4. The molecular formula is C19H18F3N5O3S. The summed E-state index contributed by atoms with van der Waals surface area (Å²) in [5, 5.41) is 3.09. The fourth-order valence-electron chi connectivity index (χ4n) is 3.41. The number of hydrogen-bond acceptors (Lipinski definition) is 6. The third-order valence-corrected chi connectivity index (χ3v) is 6.14. The zero-order chi connectivity index (χ0) is 22.3. The van der Waals surface area contributed by atoms with Gasteiger partial charge < -0.3 is 10.2 Å². The molecule has 2 aromatic heterocycles. The summed E-state index contributed by atoms with van der Waals surface area (Å²) in [6.07, 6.45) is -2.46. The van der Waals surface area contributed by atoms with Crippen LogP contribution in [0.5, 0.6) is 0 Å². The number of halogens is 3. The van der Waals surface area contributed by atoms with Crippen molar-refractivity contribution in [3.63, 3.8) is 0 Å². The Kier molecular flexibility index (Phi) is 5.33. The number of benzene rings is 1. The first-order valence-electron chi connectivity index (χ1n) is 9.47. The van der Waals surface area contributed by atoms with Crippen molar-refractivity contribution in [2.75, 3.05) is 23.3 Å². The van der Waals surface area contributed by atoms with Gasteiger partial charge in [0, 0.05) is 25.8 Å². The number of fused-ring (bicyclic) bond motifs is 1. The molecule has 0 bridgehead atoms. The average molecular weight is 453 g/mol. The molecule has 3 heterocycles. The lowest BCUT2D eigenvalue weighted by Gasteiger charge is -2.12. The topological polar surface area (TPSA) is 89.2 Å². The molecule has 0 radical (unpaired) electrons. The Morgan fingerprint density at radius 3 is 2.42 bits per heavy atom. The monoisotopic (exact) mass is 453 g/mol. The molecule has 1 fully saturated rings. The van der Waals surface area contributed by atoms with E-state index in [2.05, 4.69) is 10.3 Å². The Morgan fingerprint density at radius 1 is 1.16 bits per heavy atom. The van der Waals surface area contributed by atoms with Crippen molar-refractivity contribution in [1.29, 1.82) is 0 Å². The van der Waals surface area contributed by atoms with Gasteiger partial charge in [-0.2, -0.15) is 13.2 Å². The van der Waals surface area contributed by atoms with Crippen LogP contribution in [0.4, 0.5) is 24.0 Å². The van der Waals surface area contributed by atoms with E-state index in [0.29, 0.717) is 5.13 Å². The zero-order valence-corrected chi connectivity index (χ0v) is 17.2. The van der Waals surface area contributed by atoms with Gasteiger partial charge in [0.2, 0.25) is 5.91 Å². The molecule has 0 unspecified atom stereocenters. The smallest absolute Gasteiger partial charge is 0.348 e. The third-order valence-electron chi connectivity index (χ3n) is 5.04. The lowest BCUT2D eigenvalue weighted by Crippen LogP contribution is -2.39. The summed E-state index contributed by atoms with van der Waals surface area (Å²) in [5.74, 6) is -0.627. The van der Waals surface area contributed by atoms with Crippen molar-refractivity contribution in [1.82, 2.24) is 14.1 Å². The van der Waals surface area contributed by atoms with Crippen molar-refractivity contribution in [3.8, 4) is 0 Å². The summed E-state index contributed by atoms with van der Waals surface area (Å²) < 4.78 is 40.3. The number of amides is 1. The van der Waals surface area contributed by atoms with Gasteiger partial charge in [0.15, 0.2) is 10.8 Å². The average Bonchev–Trinajstić information content (AvgIpc) is 3.39. The number of aromatic nitrogens is 3. The van der Waals surface area contributed by atoms with Crippen molar-refractivity contribution >= 4 is 38.4 Å². The Balaban J connectivity index is 1.63. The second-order valence-electron chi connectivity index (χ2n) is 7.20. The first-order valence-corrected chi connectivity index (χ1v) is 10.3. The Labute approximate surface area is 177 Å². The molecule has 164 valence electrons. The Morgan fingerprint density at radius 2 is 1.81 bits per heavy atom. The van der Waals surface area contributed by atoms with Crippen LogP contribution in [0.25, 0.3) is 10.3 Å². The summed E-state index contributed by atoms with van der Waals surface area (Å²) in [4.78, 5) is 44.2. The molecule has 1 aromatic carbocycles.